The number of nitrogens with zero attached hydrogens (tertiary/aromatic N) is 1. The first-order valence-electron chi connectivity index (χ1n) is 9.94. The second kappa shape index (κ2) is 8.66. The zero-order valence-corrected chi connectivity index (χ0v) is 18.2. The van der Waals surface area contributed by atoms with E-state index in [1.165, 1.54) is 37.4 Å². The number of ether oxygens (including phenoxy) is 2. The van der Waals surface area contributed by atoms with Gasteiger partial charge in [0.15, 0.2) is 9.84 Å². The molecule has 1 aliphatic heterocycles. The number of halogens is 4. The average molecular weight is 481 g/mol. The molecule has 0 N–H and O–H groups in total. The van der Waals surface area contributed by atoms with Crippen molar-refractivity contribution in [2.24, 2.45) is 0 Å². The molecule has 0 saturated heterocycles. The maximum atomic E-state index is 13.3. The Morgan fingerprint density at radius 1 is 1.09 bits per heavy atom. The van der Waals surface area contributed by atoms with Gasteiger partial charge >= 0.3 is 6.18 Å². The molecule has 1 aliphatic rings. The lowest BCUT2D eigenvalue weighted by Gasteiger charge is -2.28. The number of aromatic nitrogens is 1. The molecule has 0 aliphatic carbocycles. The van der Waals surface area contributed by atoms with E-state index in [4.69, 9.17) is 9.47 Å². The molecule has 10 heteroatoms. The van der Waals surface area contributed by atoms with E-state index < -0.39 is 33.3 Å². The van der Waals surface area contributed by atoms with Gasteiger partial charge in [-0.1, -0.05) is 18.2 Å². The summed E-state index contributed by atoms with van der Waals surface area (Å²) in [6, 6.07) is 11.6. The summed E-state index contributed by atoms with van der Waals surface area (Å²) in [6.07, 6.45) is -4.02. The third kappa shape index (κ3) is 4.80. The van der Waals surface area contributed by atoms with Crippen molar-refractivity contribution in [1.82, 2.24) is 4.98 Å². The molecule has 0 spiro atoms. The van der Waals surface area contributed by atoms with Crippen molar-refractivity contribution in [3.05, 3.63) is 82.9 Å². The number of pyridine rings is 1. The maximum Gasteiger partial charge on any atom is 0.416 e. The Morgan fingerprint density at radius 3 is 2.55 bits per heavy atom. The number of hydrogen-bond acceptors (Lipinski definition) is 5. The first-order valence-corrected chi connectivity index (χ1v) is 11.6. The van der Waals surface area contributed by atoms with Crippen LogP contribution in [0.25, 0.3) is 0 Å². The minimum absolute atomic E-state index is 0.0210. The van der Waals surface area contributed by atoms with E-state index in [9.17, 15) is 26.0 Å². The van der Waals surface area contributed by atoms with Gasteiger partial charge in [-0.15, -0.1) is 0 Å². The van der Waals surface area contributed by atoms with Gasteiger partial charge in [0.2, 0.25) is 5.95 Å². The Morgan fingerprint density at radius 2 is 1.85 bits per heavy atom. The van der Waals surface area contributed by atoms with Crippen LogP contribution in [0.2, 0.25) is 0 Å². The van der Waals surface area contributed by atoms with Crippen LogP contribution in [0, 0.1) is 5.95 Å². The highest BCUT2D eigenvalue weighted by Gasteiger charge is 2.33. The van der Waals surface area contributed by atoms with Crippen molar-refractivity contribution in [3.8, 4) is 11.5 Å². The molecule has 3 aromatic rings. The van der Waals surface area contributed by atoms with Gasteiger partial charge in [0.05, 0.1) is 35.6 Å². The summed E-state index contributed by atoms with van der Waals surface area (Å²) in [7, 11) is -2.54. The molecule has 33 heavy (non-hydrogen) atoms. The minimum atomic E-state index is -4.50. The fourth-order valence-corrected chi connectivity index (χ4v) is 5.15. The first kappa shape index (κ1) is 23.0. The third-order valence-electron chi connectivity index (χ3n) is 5.43. The maximum absolute atomic E-state index is 13.3. The monoisotopic (exact) mass is 481 g/mol. The predicted octanol–water partition coefficient (Wildman–Crippen LogP) is 5.14. The van der Waals surface area contributed by atoms with Gasteiger partial charge in [-0.05, 0) is 42.8 Å². The number of hydrogen-bond donors (Lipinski definition) is 0. The summed E-state index contributed by atoms with van der Waals surface area (Å²) < 4.78 is 89.2. The van der Waals surface area contributed by atoms with Crippen molar-refractivity contribution in [2.75, 3.05) is 13.7 Å². The molecule has 2 aromatic carbocycles. The van der Waals surface area contributed by atoms with Crippen LogP contribution < -0.4 is 9.47 Å². The van der Waals surface area contributed by atoms with Crippen LogP contribution in [0.4, 0.5) is 17.6 Å². The standard InChI is InChI=1S/C23H19F4NO4S/c1-31-20-11-14(23(25,26)27)5-7-18(20)17-9-10-32-21-12-16(6-8-19(17)21)33(29,30)13-15-3-2-4-22(24)28-15/h2-8,11-12,17H,9-10,13H2,1H3/t17-/m0/s1. The quantitative estimate of drug-likeness (QED) is 0.373. The van der Waals surface area contributed by atoms with Crippen molar-refractivity contribution < 1.29 is 35.5 Å². The third-order valence-corrected chi connectivity index (χ3v) is 7.08. The normalized spacial score (nSPS) is 16.1. The molecule has 1 aromatic heterocycles. The molecule has 174 valence electrons. The summed E-state index contributed by atoms with van der Waals surface area (Å²) in [4.78, 5) is 3.57. The second-order valence-corrected chi connectivity index (χ2v) is 9.54. The number of fused-ring (bicyclic) bond motifs is 1. The van der Waals surface area contributed by atoms with E-state index in [1.807, 2.05) is 0 Å². The molecule has 1 atom stereocenters. The van der Waals surface area contributed by atoms with Crippen LogP contribution in [0.5, 0.6) is 11.5 Å². The van der Waals surface area contributed by atoms with Crippen LogP contribution in [0.1, 0.15) is 34.7 Å². The van der Waals surface area contributed by atoms with E-state index >= 15 is 0 Å². The molecule has 2 heterocycles. The summed E-state index contributed by atoms with van der Waals surface area (Å²) in [6.45, 7) is 0.247. The lowest BCUT2D eigenvalue weighted by atomic mass is 9.85. The van der Waals surface area contributed by atoms with Crippen molar-refractivity contribution >= 4 is 9.84 Å². The Hall–Kier alpha value is -3.14. The molecule has 0 saturated carbocycles. The van der Waals surface area contributed by atoms with E-state index in [2.05, 4.69) is 4.98 Å². The second-order valence-electron chi connectivity index (χ2n) is 7.55. The van der Waals surface area contributed by atoms with Crippen molar-refractivity contribution in [2.45, 2.75) is 29.2 Å². The zero-order chi connectivity index (χ0) is 23.8. The van der Waals surface area contributed by atoms with Gasteiger partial charge in [-0.2, -0.15) is 17.6 Å². The van der Waals surface area contributed by atoms with E-state index in [1.54, 1.807) is 6.07 Å². The van der Waals surface area contributed by atoms with Crippen LogP contribution >= 0.6 is 0 Å². The van der Waals surface area contributed by atoms with Gasteiger partial charge in [0.25, 0.3) is 0 Å². The van der Waals surface area contributed by atoms with Crippen molar-refractivity contribution in [1.29, 1.82) is 0 Å². The SMILES string of the molecule is COc1cc(C(F)(F)F)ccc1[C@@H]1CCOc2cc(S(=O)(=O)Cc3cccc(F)n3)ccc21. The molecule has 4 rings (SSSR count). The molecular weight excluding hydrogens is 462 g/mol. The molecule has 0 fully saturated rings. The highest BCUT2D eigenvalue weighted by molar-refractivity contribution is 7.90. The van der Waals surface area contributed by atoms with Crippen LogP contribution in [0.15, 0.2) is 59.5 Å². The largest absolute Gasteiger partial charge is 0.496 e. The number of benzene rings is 2. The Labute approximate surface area is 187 Å². The van der Waals surface area contributed by atoms with E-state index in [-0.39, 0.29) is 28.9 Å². The number of sulfone groups is 1. The highest BCUT2D eigenvalue weighted by atomic mass is 32.2. The molecule has 0 amide bonds. The topological polar surface area (TPSA) is 65.5 Å². The van der Waals surface area contributed by atoms with E-state index in [0.29, 0.717) is 23.3 Å². The van der Waals surface area contributed by atoms with Gasteiger partial charge in [-0.3, -0.25) is 0 Å². The summed E-state index contributed by atoms with van der Waals surface area (Å²) >= 11 is 0. The Kier molecular flexibility index (Phi) is 6.04. The molecule has 0 unspecified atom stereocenters. The van der Waals surface area contributed by atoms with Crippen LogP contribution in [0.3, 0.4) is 0 Å². The minimum Gasteiger partial charge on any atom is -0.496 e. The predicted molar refractivity (Wildman–Crippen MR) is 111 cm³/mol. The van der Waals surface area contributed by atoms with Gasteiger partial charge < -0.3 is 9.47 Å². The fraction of sp³-hybridized carbons (Fsp3) is 0.261. The van der Waals surface area contributed by atoms with Crippen molar-refractivity contribution in [3.63, 3.8) is 0 Å². The van der Waals surface area contributed by atoms with Crippen LogP contribution in [-0.4, -0.2) is 27.1 Å². The lowest BCUT2D eigenvalue weighted by Crippen LogP contribution is -2.17. The Bertz CT molecular complexity index is 1290. The summed E-state index contributed by atoms with van der Waals surface area (Å²) in [5, 5.41) is 0. The summed E-state index contributed by atoms with van der Waals surface area (Å²) in [5.41, 5.74) is 0.445. The highest BCUT2D eigenvalue weighted by Crippen LogP contribution is 2.44. The smallest absolute Gasteiger partial charge is 0.416 e. The molecule has 0 radical (unpaired) electrons. The lowest BCUT2D eigenvalue weighted by molar-refractivity contribution is -0.137. The van der Waals surface area contributed by atoms with Gasteiger partial charge in [0, 0.05) is 17.0 Å². The number of methoxy groups -OCH3 is 1. The van der Waals surface area contributed by atoms with E-state index in [0.717, 1.165) is 18.2 Å². The van der Waals surface area contributed by atoms with Gasteiger partial charge in [0.1, 0.15) is 11.5 Å². The van der Waals surface area contributed by atoms with Crippen LogP contribution in [-0.2, 0) is 21.8 Å². The zero-order valence-electron chi connectivity index (χ0n) is 17.4. The Balaban J connectivity index is 1.68. The van der Waals surface area contributed by atoms with Gasteiger partial charge in [-0.25, -0.2) is 13.4 Å². The summed E-state index contributed by atoms with van der Waals surface area (Å²) in [5.74, 6) is -1.19. The average Bonchev–Trinajstić information content (AvgIpc) is 2.77. The number of rotatable bonds is 5. The molecule has 5 nitrogen and oxygen atoms in total. The fourth-order valence-electron chi connectivity index (χ4n) is 3.87. The molecule has 0 bridgehead atoms. The number of alkyl halides is 3. The first-order chi connectivity index (χ1) is 15.6. The molecular formula is C23H19F4NO4S.